The normalized spacial score (nSPS) is 14.6. The predicted molar refractivity (Wildman–Crippen MR) is 130 cm³/mol. The van der Waals surface area contributed by atoms with Crippen molar-refractivity contribution in [3.8, 4) is 0 Å². The van der Waals surface area contributed by atoms with E-state index in [2.05, 4.69) is 20.5 Å². The molecule has 2 heterocycles. The van der Waals surface area contributed by atoms with Crippen LogP contribution < -0.4 is 16.4 Å². The van der Waals surface area contributed by atoms with Gasteiger partial charge in [-0.1, -0.05) is 12.1 Å². The molecule has 0 unspecified atom stereocenters. The summed E-state index contributed by atoms with van der Waals surface area (Å²) in [6.45, 7) is 6.16. The minimum atomic E-state index is -0.134. The third-order valence-corrected chi connectivity index (χ3v) is 6.52. The lowest BCUT2D eigenvalue weighted by Crippen LogP contribution is -2.36. The summed E-state index contributed by atoms with van der Waals surface area (Å²) < 4.78 is 5.17. The molecule has 2 aromatic rings. The van der Waals surface area contributed by atoms with Crippen molar-refractivity contribution in [1.29, 1.82) is 5.41 Å². The third-order valence-electron chi connectivity index (χ3n) is 5.52. The molecule has 1 saturated heterocycles. The summed E-state index contributed by atoms with van der Waals surface area (Å²) >= 11 is 1.52. The topological polar surface area (TPSA) is 133 Å². The Bertz CT molecular complexity index is 967. The van der Waals surface area contributed by atoms with Crippen molar-refractivity contribution < 1.29 is 14.3 Å². The molecule has 1 aromatic heterocycles. The Hall–Kier alpha value is -2.98. The number of esters is 1. The largest absolute Gasteiger partial charge is 0.466 e. The third kappa shape index (κ3) is 7.54. The van der Waals surface area contributed by atoms with Crippen LogP contribution in [0.25, 0.3) is 0 Å². The second-order valence-corrected chi connectivity index (χ2v) is 9.19. The number of benzene rings is 1. The molecule has 0 atom stereocenters. The van der Waals surface area contributed by atoms with E-state index in [0.717, 1.165) is 67.1 Å². The van der Waals surface area contributed by atoms with E-state index in [1.54, 1.807) is 0 Å². The first-order valence-corrected chi connectivity index (χ1v) is 12.0. The van der Waals surface area contributed by atoms with Crippen molar-refractivity contribution >= 4 is 40.0 Å². The number of hydrogen-bond donors (Lipinski definition) is 4. The summed E-state index contributed by atoms with van der Waals surface area (Å²) in [5.41, 5.74) is 8.29. The quantitative estimate of drug-likeness (QED) is 0.250. The molecule has 9 nitrogen and oxygen atoms in total. The monoisotopic (exact) mass is 472 g/mol. The number of nitrogens with one attached hydrogen (secondary N) is 3. The summed E-state index contributed by atoms with van der Waals surface area (Å²) in [5, 5.41) is 13.5. The van der Waals surface area contributed by atoms with Crippen molar-refractivity contribution in [2.75, 3.05) is 30.3 Å². The fourth-order valence-corrected chi connectivity index (χ4v) is 4.97. The number of likely N-dealkylation sites (tertiary alicyclic amines) is 1. The zero-order chi connectivity index (χ0) is 23.8. The number of hydrogen-bond acceptors (Lipinski definition) is 7. The standard InChI is InChI=1S/C23H32N6O3S/c1-3-32-21(31)17-10-12-29(13-11-17)14-20-19(28-23(33-20)26-15(2)30)9-6-16-4-7-18(8-5-16)27-22(24)25/h4-5,7-8,17H,3,6,9-14H2,1-2H3,(H4,24,25,27)(H,26,28,30). The number of ether oxygens (including phenoxy) is 1. The van der Waals surface area contributed by atoms with Crippen molar-refractivity contribution in [2.24, 2.45) is 11.7 Å². The Kier molecular flexibility index (Phi) is 8.79. The summed E-state index contributed by atoms with van der Waals surface area (Å²) in [5.74, 6) is -0.331. The van der Waals surface area contributed by atoms with Crippen LogP contribution in [0.5, 0.6) is 0 Å². The fraction of sp³-hybridized carbons (Fsp3) is 0.478. The molecule has 1 fully saturated rings. The number of anilines is 2. The van der Waals surface area contributed by atoms with Crippen LogP contribution in [0.4, 0.5) is 10.8 Å². The van der Waals surface area contributed by atoms with E-state index >= 15 is 0 Å². The highest BCUT2D eigenvalue weighted by Gasteiger charge is 2.27. The number of guanidine groups is 1. The lowest BCUT2D eigenvalue weighted by atomic mass is 9.97. The lowest BCUT2D eigenvalue weighted by molar-refractivity contribution is -0.149. The molecular weight excluding hydrogens is 440 g/mol. The Morgan fingerprint density at radius 2 is 1.91 bits per heavy atom. The molecule has 3 rings (SSSR count). The van der Waals surface area contributed by atoms with Crippen LogP contribution >= 0.6 is 11.3 Å². The number of aromatic nitrogens is 1. The number of rotatable bonds is 9. The van der Waals surface area contributed by atoms with E-state index < -0.39 is 0 Å². The zero-order valence-corrected chi connectivity index (χ0v) is 20.0. The van der Waals surface area contributed by atoms with E-state index in [0.29, 0.717) is 11.7 Å². The molecule has 1 aromatic carbocycles. The summed E-state index contributed by atoms with van der Waals surface area (Å²) in [6, 6.07) is 7.81. The van der Waals surface area contributed by atoms with Crippen molar-refractivity contribution in [3.63, 3.8) is 0 Å². The number of aryl methyl sites for hydroxylation is 2. The first-order valence-electron chi connectivity index (χ1n) is 11.2. The molecule has 0 bridgehead atoms. The minimum absolute atomic E-state index is 0.0162. The van der Waals surface area contributed by atoms with Gasteiger partial charge in [0.25, 0.3) is 0 Å². The molecule has 0 aliphatic carbocycles. The van der Waals surface area contributed by atoms with Gasteiger partial charge in [-0.2, -0.15) is 0 Å². The minimum Gasteiger partial charge on any atom is -0.466 e. The number of nitrogens with two attached hydrogens (primary N) is 1. The maximum atomic E-state index is 12.0. The molecule has 10 heteroatoms. The maximum Gasteiger partial charge on any atom is 0.309 e. The highest BCUT2D eigenvalue weighted by molar-refractivity contribution is 7.15. The average Bonchev–Trinajstić information content (AvgIpc) is 3.13. The maximum absolute atomic E-state index is 12.0. The SMILES string of the molecule is CCOC(=O)C1CCN(Cc2sc(NC(C)=O)nc2CCc2ccc(NC(=N)N)cc2)CC1. The van der Waals surface area contributed by atoms with Crippen LogP contribution in [0.3, 0.4) is 0 Å². The smallest absolute Gasteiger partial charge is 0.309 e. The molecule has 178 valence electrons. The van der Waals surface area contributed by atoms with Crippen LogP contribution in [0, 0.1) is 11.3 Å². The summed E-state index contributed by atoms with van der Waals surface area (Å²) in [7, 11) is 0. The Labute approximate surface area is 198 Å². The van der Waals surface area contributed by atoms with Crippen molar-refractivity contribution in [1.82, 2.24) is 9.88 Å². The van der Waals surface area contributed by atoms with Gasteiger partial charge >= 0.3 is 5.97 Å². The molecule has 1 aliphatic heterocycles. The van der Waals surface area contributed by atoms with E-state index in [-0.39, 0.29) is 23.8 Å². The molecule has 0 saturated carbocycles. The molecule has 1 amide bonds. The van der Waals surface area contributed by atoms with Gasteiger partial charge in [0.15, 0.2) is 11.1 Å². The second-order valence-electron chi connectivity index (χ2n) is 8.11. The van der Waals surface area contributed by atoms with E-state index in [1.165, 1.54) is 18.3 Å². The number of piperidine rings is 1. The summed E-state index contributed by atoms with van der Waals surface area (Å²) in [4.78, 5) is 31.7. The van der Waals surface area contributed by atoms with Crippen LogP contribution in [0.2, 0.25) is 0 Å². The highest BCUT2D eigenvalue weighted by Crippen LogP contribution is 2.28. The number of thiazole rings is 1. The molecule has 5 N–H and O–H groups in total. The van der Waals surface area contributed by atoms with Gasteiger partial charge in [-0.25, -0.2) is 4.98 Å². The first kappa shape index (κ1) is 24.7. The molecule has 33 heavy (non-hydrogen) atoms. The second kappa shape index (κ2) is 11.8. The van der Waals surface area contributed by atoms with Crippen molar-refractivity contribution in [2.45, 2.75) is 46.1 Å². The van der Waals surface area contributed by atoms with E-state index in [9.17, 15) is 9.59 Å². The highest BCUT2D eigenvalue weighted by atomic mass is 32.1. The lowest BCUT2D eigenvalue weighted by Gasteiger charge is -2.30. The van der Waals surface area contributed by atoms with Crippen molar-refractivity contribution in [3.05, 3.63) is 40.4 Å². The Morgan fingerprint density at radius 1 is 1.21 bits per heavy atom. The Balaban J connectivity index is 1.63. The van der Waals surface area contributed by atoms with E-state index in [4.69, 9.17) is 15.9 Å². The molecule has 1 aliphatic rings. The van der Waals surface area contributed by atoms with Gasteiger partial charge in [0.2, 0.25) is 5.91 Å². The van der Waals surface area contributed by atoms with Gasteiger partial charge in [-0.05, 0) is 63.4 Å². The van der Waals surface area contributed by atoms with Gasteiger partial charge < -0.3 is 21.1 Å². The van der Waals surface area contributed by atoms with Gasteiger partial charge in [0.1, 0.15) is 0 Å². The van der Waals surface area contributed by atoms with Gasteiger partial charge in [-0.3, -0.25) is 19.9 Å². The Morgan fingerprint density at radius 3 is 2.52 bits per heavy atom. The fourth-order valence-electron chi connectivity index (χ4n) is 3.87. The molecule has 0 radical (unpaired) electrons. The first-order chi connectivity index (χ1) is 15.8. The van der Waals surface area contributed by atoms with Crippen LogP contribution in [0.1, 0.15) is 42.8 Å². The van der Waals surface area contributed by atoms with Crippen LogP contribution in [0.15, 0.2) is 24.3 Å². The van der Waals surface area contributed by atoms with Crippen LogP contribution in [-0.4, -0.2) is 47.4 Å². The predicted octanol–water partition coefficient (Wildman–Crippen LogP) is 2.97. The van der Waals surface area contributed by atoms with E-state index in [1.807, 2.05) is 31.2 Å². The van der Waals surface area contributed by atoms with Gasteiger partial charge in [-0.15, -0.1) is 11.3 Å². The van der Waals surface area contributed by atoms with Gasteiger partial charge in [0.05, 0.1) is 18.2 Å². The number of carbonyl (C=O) groups is 2. The number of amides is 1. The number of carbonyl (C=O) groups excluding carboxylic acids is 2. The molecular formula is C23H32N6O3S. The molecule has 0 spiro atoms. The van der Waals surface area contributed by atoms with Gasteiger partial charge in [0, 0.05) is 24.0 Å². The van der Waals surface area contributed by atoms with Crippen LogP contribution in [-0.2, 0) is 33.7 Å². The zero-order valence-electron chi connectivity index (χ0n) is 19.1. The average molecular weight is 473 g/mol. The number of nitrogens with zero attached hydrogens (tertiary/aromatic N) is 2. The summed E-state index contributed by atoms with van der Waals surface area (Å²) in [6.07, 6.45) is 3.16.